The molecule has 6 heteroatoms. The standard InChI is InChI=1S/C31H39NO5/c1-29-14-15-31(36-17-18-37-31)25(12-16-32-27(34)19-5-3-4-6-20(19)28(32)35)24(29)8-7-21-22-9-10-26(33)30(22,2)13-11-23(21)29/h3-6,10,21-25,33H,7-9,11-18H2,1-2H3/t21?,22?,23?,24-,25-,29+,30-/m0/s1. The lowest BCUT2D eigenvalue weighted by Crippen LogP contribution is -2.60. The first-order valence-corrected chi connectivity index (χ1v) is 14.4. The number of amides is 2. The predicted molar refractivity (Wildman–Crippen MR) is 138 cm³/mol. The number of carbonyl (C=O) groups is 2. The third-order valence-corrected chi connectivity index (χ3v) is 11.9. The summed E-state index contributed by atoms with van der Waals surface area (Å²) in [4.78, 5) is 27.7. The normalized spacial score (nSPS) is 41.8. The van der Waals surface area contributed by atoms with Gasteiger partial charge in [0, 0.05) is 24.3 Å². The smallest absolute Gasteiger partial charge is 0.261 e. The van der Waals surface area contributed by atoms with Crippen LogP contribution < -0.4 is 0 Å². The highest BCUT2D eigenvalue weighted by Crippen LogP contribution is 2.68. The SMILES string of the molecule is C[C@]12CCC3C(CC[C@H]4[C@H](CCN5C(=O)c6ccccc6C5=O)C5(CC[C@]34C)OCCO5)C1CC=C2O. The van der Waals surface area contributed by atoms with Crippen LogP contribution >= 0.6 is 0 Å². The third kappa shape index (κ3) is 3.18. The molecule has 1 N–H and O–H groups in total. The van der Waals surface area contributed by atoms with Crippen LogP contribution in [0.1, 0.15) is 85.9 Å². The molecule has 6 nitrogen and oxygen atoms in total. The monoisotopic (exact) mass is 505 g/mol. The van der Waals surface area contributed by atoms with E-state index in [-0.39, 0.29) is 28.6 Å². The molecular formula is C31H39NO5. The Hall–Kier alpha value is -2.18. The minimum atomic E-state index is -0.591. The summed E-state index contributed by atoms with van der Waals surface area (Å²) in [6.07, 6.45) is 10.3. The maximum atomic E-state index is 13.1. The van der Waals surface area contributed by atoms with Crippen LogP contribution in [0.4, 0.5) is 0 Å². The van der Waals surface area contributed by atoms with Gasteiger partial charge in [0.25, 0.3) is 11.8 Å². The van der Waals surface area contributed by atoms with Crippen molar-refractivity contribution in [3.63, 3.8) is 0 Å². The van der Waals surface area contributed by atoms with Gasteiger partial charge in [0.1, 0.15) is 0 Å². The van der Waals surface area contributed by atoms with Gasteiger partial charge in [0.2, 0.25) is 0 Å². The molecule has 1 spiro atoms. The molecule has 37 heavy (non-hydrogen) atoms. The second-order valence-electron chi connectivity index (χ2n) is 13.1. The van der Waals surface area contributed by atoms with Crippen molar-refractivity contribution in [3.05, 3.63) is 47.2 Å². The second-order valence-corrected chi connectivity index (χ2v) is 13.1. The molecule has 7 atom stereocenters. The zero-order valence-corrected chi connectivity index (χ0v) is 22.1. The van der Waals surface area contributed by atoms with Crippen molar-refractivity contribution < 1.29 is 24.2 Å². The predicted octanol–water partition coefficient (Wildman–Crippen LogP) is 5.74. The molecule has 1 saturated heterocycles. The van der Waals surface area contributed by atoms with Crippen molar-refractivity contribution in [2.45, 2.75) is 71.0 Å². The quantitative estimate of drug-likeness (QED) is 0.531. The Morgan fingerprint density at radius 2 is 1.62 bits per heavy atom. The van der Waals surface area contributed by atoms with E-state index in [0.29, 0.717) is 66.7 Å². The molecule has 2 heterocycles. The van der Waals surface area contributed by atoms with E-state index in [1.807, 2.05) is 12.1 Å². The molecule has 0 aromatic heterocycles. The number of rotatable bonds is 3. The van der Waals surface area contributed by atoms with Crippen molar-refractivity contribution in [2.24, 2.45) is 40.4 Å². The summed E-state index contributed by atoms with van der Waals surface area (Å²) >= 11 is 0. The first-order valence-electron chi connectivity index (χ1n) is 14.4. The topological polar surface area (TPSA) is 76.1 Å². The number of hydrogen-bond donors (Lipinski definition) is 1. The Labute approximate surface area is 219 Å². The van der Waals surface area contributed by atoms with E-state index in [4.69, 9.17) is 9.47 Å². The number of hydrogen-bond acceptors (Lipinski definition) is 5. The average molecular weight is 506 g/mol. The lowest BCUT2D eigenvalue weighted by molar-refractivity contribution is -0.268. The summed E-state index contributed by atoms with van der Waals surface area (Å²) in [5.41, 5.74) is 1.16. The van der Waals surface area contributed by atoms with Crippen molar-refractivity contribution in [1.82, 2.24) is 4.90 Å². The van der Waals surface area contributed by atoms with Gasteiger partial charge < -0.3 is 14.6 Å². The number of imide groups is 1. The van der Waals surface area contributed by atoms with E-state index < -0.39 is 5.79 Å². The lowest BCUT2D eigenvalue weighted by Gasteiger charge is -2.63. The molecule has 198 valence electrons. The Kier molecular flexibility index (Phi) is 5.27. The number of ether oxygens (including phenoxy) is 2. The average Bonchev–Trinajstić information content (AvgIpc) is 3.56. The summed E-state index contributed by atoms with van der Waals surface area (Å²) in [6, 6.07) is 7.16. The molecule has 3 unspecified atom stereocenters. The molecule has 2 amide bonds. The van der Waals surface area contributed by atoms with Gasteiger partial charge in [-0.15, -0.1) is 0 Å². The van der Waals surface area contributed by atoms with E-state index >= 15 is 0 Å². The summed E-state index contributed by atoms with van der Waals surface area (Å²) in [5, 5.41) is 10.7. The van der Waals surface area contributed by atoms with Crippen LogP contribution in [0.25, 0.3) is 0 Å². The maximum Gasteiger partial charge on any atom is 0.261 e. The number of benzene rings is 1. The molecule has 3 saturated carbocycles. The first kappa shape index (κ1) is 23.9. The first-order chi connectivity index (χ1) is 17.8. The summed E-state index contributed by atoms with van der Waals surface area (Å²) < 4.78 is 12.8. The number of fused-ring (bicyclic) bond motifs is 6. The van der Waals surface area contributed by atoms with Gasteiger partial charge in [-0.2, -0.15) is 0 Å². The summed E-state index contributed by atoms with van der Waals surface area (Å²) in [6.45, 7) is 6.43. The molecular weight excluding hydrogens is 466 g/mol. The van der Waals surface area contributed by atoms with E-state index in [2.05, 4.69) is 19.9 Å². The maximum absolute atomic E-state index is 13.1. The summed E-state index contributed by atoms with van der Waals surface area (Å²) in [7, 11) is 0. The Morgan fingerprint density at radius 1 is 0.919 bits per heavy atom. The molecule has 1 aromatic carbocycles. The molecule has 0 radical (unpaired) electrons. The second kappa shape index (κ2) is 8.16. The highest BCUT2D eigenvalue weighted by Gasteiger charge is 2.64. The van der Waals surface area contributed by atoms with Gasteiger partial charge in [-0.1, -0.05) is 26.0 Å². The van der Waals surface area contributed by atoms with Gasteiger partial charge in [-0.3, -0.25) is 14.5 Å². The number of nitrogens with zero attached hydrogens (tertiary/aromatic N) is 1. The Morgan fingerprint density at radius 3 is 2.32 bits per heavy atom. The summed E-state index contributed by atoms with van der Waals surface area (Å²) in [5.74, 6) is 2.07. The largest absolute Gasteiger partial charge is 0.512 e. The van der Waals surface area contributed by atoms with Crippen LogP contribution in [0, 0.1) is 40.4 Å². The van der Waals surface area contributed by atoms with Crippen LogP contribution in [0.3, 0.4) is 0 Å². The fourth-order valence-electron chi connectivity index (χ4n) is 9.96. The van der Waals surface area contributed by atoms with Crippen LogP contribution in [0.15, 0.2) is 36.1 Å². The van der Waals surface area contributed by atoms with Gasteiger partial charge in [-0.05, 0) is 92.2 Å². The van der Waals surface area contributed by atoms with Crippen molar-refractivity contribution in [3.8, 4) is 0 Å². The van der Waals surface area contributed by atoms with Gasteiger partial charge in [0.05, 0.1) is 30.1 Å². The Balaban J connectivity index is 1.16. The van der Waals surface area contributed by atoms with E-state index in [1.54, 1.807) is 12.1 Å². The van der Waals surface area contributed by atoms with Crippen molar-refractivity contribution in [1.29, 1.82) is 0 Å². The molecule has 2 aliphatic heterocycles. The number of allylic oxidation sites excluding steroid dienone is 2. The molecule has 0 bridgehead atoms. The Bertz CT molecular complexity index is 1130. The van der Waals surface area contributed by atoms with Gasteiger partial charge in [-0.25, -0.2) is 0 Å². The van der Waals surface area contributed by atoms with Crippen LogP contribution in [-0.2, 0) is 9.47 Å². The van der Waals surface area contributed by atoms with E-state index in [0.717, 1.165) is 38.5 Å². The van der Waals surface area contributed by atoms with Gasteiger partial charge >= 0.3 is 0 Å². The molecule has 7 rings (SSSR count). The number of aliphatic hydroxyl groups excluding tert-OH is 1. The van der Waals surface area contributed by atoms with Gasteiger partial charge in [0.15, 0.2) is 5.79 Å². The van der Waals surface area contributed by atoms with Crippen LogP contribution in [0.2, 0.25) is 0 Å². The fourth-order valence-corrected chi connectivity index (χ4v) is 9.96. The highest BCUT2D eigenvalue weighted by molar-refractivity contribution is 6.21. The van der Waals surface area contributed by atoms with E-state index in [9.17, 15) is 14.7 Å². The number of carbonyl (C=O) groups excluding carboxylic acids is 2. The fraction of sp³-hybridized carbons (Fsp3) is 0.677. The van der Waals surface area contributed by atoms with E-state index in [1.165, 1.54) is 11.3 Å². The van der Waals surface area contributed by atoms with Crippen LogP contribution in [-0.4, -0.2) is 47.4 Å². The molecule has 1 aromatic rings. The molecule has 4 fully saturated rings. The lowest BCUT2D eigenvalue weighted by atomic mass is 9.43. The van der Waals surface area contributed by atoms with Crippen LogP contribution in [0.5, 0.6) is 0 Å². The minimum Gasteiger partial charge on any atom is -0.512 e. The van der Waals surface area contributed by atoms with Crippen molar-refractivity contribution in [2.75, 3.05) is 19.8 Å². The highest BCUT2D eigenvalue weighted by atomic mass is 16.7. The minimum absolute atomic E-state index is 0.0528. The zero-order valence-electron chi connectivity index (χ0n) is 22.1. The molecule has 4 aliphatic carbocycles. The van der Waals surface area contributed by atoms with Crippen molar-refractivity contribution >= 4 is 11.8 Å². The zero-order chi connectivity index (χ0) is 25.6. The molecule has 6 aliphatic rings. The third-order valence-electron chi connectivity index (χ3n) is 11.9. The number of aliphatic hydroxyl groups is 1.